The molecule has 0 fully saturated rings. The lowest BCUT2D eigenvalue weighted by Gasteiger charge is -2.04. The van der Waals surface area contributed by atoms with E-state index in [1.165, 1.54) is 0 Å². The second kappa shape index (κ2) is 5.75. The first-order valence-corrected chi connectivity index (χ1v) is 7.03. The first-order valence-electron chi connectivity index (χ1n) is 6.65. The summed E-state index contributed by atoms with van der Waals surface area (Å²) in [5.41, 5.74) is 2.83. The van der Waals surface area contributed by atoms with Crippen LogP contribution in [0.25, 0.3) is 11.0 Å². The molecule has 3 aromatic rings. The van der Waals surface area contributed by atoms with Crippen molar-refractivity contribution in [3.63, 3.8) is 0 Å². The molecule has 7 heteroatoms. The average Bonchev–Trinajstić information content (AvgIpc) is 3.02. The van der Waals surface area contributed by atoms with E-state index in [4.69, 9.17) is 16.7 Å². The molecule has 2 N–H and O–H groups in total. The molecule has 3 rings (SSSR count). The van der Waals surface area contributed by atoms with Gasteiger partial charge in [-0.2, -0.15) is 5.10 Å². The fourth-order valence-corrected chi connectivity index (χ4v) is 2.41. The van der Waals surface area contributed by atoms with Crippen LogP contribution in [0.15, 0.2) is 30.6 Å². The molecule has 21 heavy (non-hydrogen) atoms. The zero-order chi connectivity index (χ0) is 14.8. The van der Waals surface area contributed by atoms with Crippen LogP contribution >= 0.6 is 11.6 Å². The van der Waals surface area contributed by atoms with Gasteiger partial charge >= 0.3 is 0 Å². The quantitative estimate of drug-likeness (QED) is 0.757. The smallest absolute Gasteiger partial charge is 0.128 e. The zero-order valence-corrected chi connectivity index (χ0v) is 12.4. The molecule has 110 valence electrons. The van der Waals surface area contributed by atoms with Crippen molar-refractivity contribution in [2.75, 3.05) is 11.9 Å². The minimum Gasteiger partial charge on any atom is -0.394 e. The molecule has 0 saturated carbocycles. The number of nitrogens with zero attached hydrogens (tertiary/aromatic N) is 4. The largest absolute Gasteiger partial charge is 0.394 e. The van der Waals surface area contributed by atoms with E-state index in [1.807, 2.05) is 36.0 Å². The Bertz CT molecular complexity index is 764. The normalized spacial score (nSPS) is 11.2. The number of rotatable bonds is 5. The molecule has 0 aliphatic rings. The Kier molecular flexibility index (Phi) is 3.81. The van der Waals surface area contributed by atoms with Gasteiger partial charge in [0.1, 0.15) is 5.82 Å². The number of halogens is 1. The Morgan fingerprint density at radius 3 is 3.05 bits per heavy atom. The van der Waals surface area contributed by atoms with E-state index >= 15 is 0 Å². The van der Waals surface area contributed by atoms with E-state index in [-0.39, 0.29) is 6.61 Å². The number of anilines is 1. The Morgan fingerprint density at radius 1 is 1.38 bits per heavy atom. The highest BCUT2D eigenvalue weighted by molar-refractivity contribution is 6.31. The summed E-state index contributed by atoms with van der Waals surface area (Å²) in [5, 5.41) is 17.0. The second-order valence-corrected chi connectivity index (χ2v) is 5.23. The van der Waals surface area contributed by atoms with Gasteiger partial charge in [-0.15, -0.1) is 0 Å². The molecule has 1 aromatic carbocycles. The van der Waals surface area contributed by atoms with Crippen molar-refractivity contribution >= 4 is 28.3 Å². The SMILES string of the molecule is Cn1c(CNc2cnn(CCO)c2)nc2cc(Cl)ccc21. The van der Waals surface area contributed by atoms with Gasteiger partial charge in [-0.1, -0.05) is 11.6 Å². The Morgan fingerprint density at radius 2 is 2.24 bits per heavy atom. The minimum absolute atomic E-state index is 0.0760. The van der Waals surface area contributed by atoms with Gasteiger partial charge in [-0.25, -0.2) is 4.98 Å². The molecule has 0 atom stereocenters. The van der Waals surface area contributed by atoms with Crippen molar-refractivity contribution in [1.29, 1.82) is 0 Å². The lowest BCUT2D eigenvalue weighted by molar-refractivity contribution is 0.269. The Labute approximate surface area is 127 Å². The van der Waals surface area contributed by atoms with Gasteiger partial charge in [0.25, 0.3) is 0 Å². The zero-order valence-electron chi connectivity index (χ0n) is 11.6. The van der Waals surface area contributed by atoms with Crippen LogP contribution in [-0.4, -0.2) is 31.0 Å². The molecule has 0 bridgehead atoms. The number of aryl methyl sites for hydroxylation is 1. The van der Waals surface area contributed by atoms with Crippen molar-refractivity contribution in [3.8, 4) is 0 Å². The number of aliphatic hydroxyl groups excluding tert-OH is 1. The Hall–Kier alpha value is -2.05. The van der Waals surface area contributed by atoms with Gasteiger partial charge in [-0.05, 0) is 18.2 Å². The highest BCUT2D eigenvalue weighted by atomic mass is 35.5. The molecule has 2 heterocycles. The number of benzene rings is 1. The maximum atomic E-state index is 8.87. The first kappa shape index (κ1) is 13.9. The monoisotopic (exact) mass is 305 g/mol. The van der Waals surface area contributed by atoms with Gasteiger partial charge < -0.3 is 15.0 Å². The third-order valence-electron chi connectivity index (χ3n) is 3.35. The molecular weight excluding hydrogens is 290 g/mol. The topological polar surface area (TPSA) is 67.9 Å². The summed E-state index contributed by atoms with van der Waals surface area (Å²) in [4.78, 5) is 4.58. The summed E-state index contributed by atoms with van der Waals surface area (Å²) in [5.74, 6) is 0.919. The van der Waals surface area contributed by atoms with Gasteiger partial charge in [0, 0.05) is 18.3 Å². The summed E-state index contributed by atoms with van der Waals surface area (Å²) < 4.78 is 3.73. The van der Waals surface area contributed by atoms with Crippen LogP contribution < -0.4 is 5.32 Å². The number of hydrogen-bond donors (Lipinski definition) is 2. The van der Waals surface area contributed by atoms with Crippen LogP contribution in [0.5, 0.6) is 0 Å². The van der Waals surface area contributed by atoms with Gasteiger partial charge in [-0.3, -0.25) is 4.68 Å². The van der Waals surface area contributed by atoms with Crippen molar-refractivity contribution in [2.45, 2.75) is 13.1 Å². The number of aliphatic hydroxyl groups is 1. The fraction of sp³-hybridized carbons (Fsp3) is 0.286. The Balaban J connectivity index is 1.76. The molecule has 0 unspecified atom stereocenters. The minimum atomic E-state index is 0.0760. The molecule has 0 spiro atoms. The van der Waals surface area contributed by atoms with Crippen LogP contribution in [0, 0.1) is 0 Å². The van der Waals surface area contributed by atoms with Gasteiger partial charge in [0.2, 0.25) is 0 Å². The summed E-state index contributed by atoms with van der Waals surface area (Å²) in [6.07, 6.45) is 3.59. The van der Waals surface area contributed by atoms with E-state index < -0.39 is 0 Å². The lowest BCUT2D eigenvalue weighted by Crippen LogP contribution is -2.05. The average molecular weight is 306 g/mol. The molecule has 0 amide bonds. The number of hydrogen-bond acceptors (Lipinski definition) is 4. The van der Waals surface area contributed by atoms with Crippen LogP contribution in [0.2, 0.25) is 5.02 Å². The molecule has 2 aromatic heterocycles. The fourth-order valence-electron chi connectivity index (χ4n) is 2.24. The van der Waals surface area contributed by atoms with Crippen molar-refractivity contribution in [3.05, 3.63) is 41.4 Å². The highest BCUT2D eigenvalue weighted by Gasteiger charge is 2.08. The molecule has 6 nitrogen and oxygen atoms in total. The summed E-state index contributed by atoms with van der Waals surface area (Å²) in [7, 11) is 1.98. The van der Waals surface area contributed by atoms with Gasteiger partial charge in [0.15, 0.2) is 0 Å². The maximum Gasteiger partial charge on any atom is 0.128 e. The molecule has 0 saturated heterocycles. The molecule has 0 radical (unpaired) electrons. The lowest BCUT2D eigenvalue weighted by atomic mass is 10.3. The van der Waals surface area contributed by atoms with E-state index in [0.717, 1.165) is 22.5 Å². The van der Waals surface area contributed by atoms with Crippen LogP contribution in [0.1, 0.15) is 5.82 Å². The third-order valence-corrected chi connectivity index (χ3v) is 3.58. The van der Waals surface area contributed by atoms with E-state index in [0.29, 0.717) is 18.1 Å². The standard InChI is InChI=1S/C14H16ClN5O/c1-19-13-3-2-10(15)6-12(13)18-14(19)8-16-11-7-17-20(9-11)4-5-21/h2-3,6-7,9,16,21H,4-5,8H2,1H3. The van der Waals surface area contributed by atoms with E-state index in [1.54, 1.807) is 10.9 Å². The summed E-state index contributed by atoms with van der Waals surface area (Å²) in [6, 6.07) is 5.69. The predicted octanol–water partition coefficient (Wildman–Crippen LogP) is 2.03. The van der Waals surface area contributed by atoms with Crippen molar-refractivity contribution < 1.29 is 5.11 Å². The van der Waals surface area contributed by atoms with Crippen LogP contribution in [-0.2, 0) is 20.1 Å². The number of fused-ring (bicyclic) bond motifs is 1. The highest BCUT2D eigenvalue weighted by Crippen LogP contribution is 2.20. The predicted molar refractivity (Wildman–Crippen MR) is 82.4 cm³/mol. The number of aromatic nitrogens is 4. The van der Waals surface area contributed by atoms with E-state index in [2.05, 4.69) is 15.4 Å². The van der Waals surface area contributed by atoms with Crippen LogP contribution in [0.3, 0.4) is 0 Å². The number of imidazole rings is 1. The maximum absolute atomic E-state index is 8.87. The summed E-state index contributed by atoms with van der Waals surface area (Å²) >= 11 is 5.99. The third kappa shape index (κ3) is 2.86. The van der Waals surface area contributed by atoms with Crippen LogP contribution in [0.4, 0.5) is 5.69 Å². The van der Waals surface area contributed by atoms with Crippen molar-refractivity contribution in [2.24, 2.45) is 7.05 Å². The van der Waals surface area contributed by atoms with Crippen molar-refractivity contribution in [1.82, 2.24) is 19.3 Å². The molecule has 0 aliphatic carbocycles. The molecular formula is C14H16ClN5O. The second-order valence-electron chi connectivity index (χ2n) is 4.79. The summed E-state index contributed by atoms with van der Waals surface area (Å²) in [6.45, 7) is 1.16. The first-order chi connectivity index (χ1) is 10.2. The molecule has 0 aliphatic heterocycles. The number of nitrogens with one attached hydrogen (secondary N) is 1. The van der Waals surface area contributed by atoms with Gasteiger partial charge in [0.05, 0.1) is 42.6 Å². The van der Waals surface area contributed by atoms with E-state index in [9.17, 15) is 0 Å².